The third-order valence-electron chi connectivity index (χ3n) is 7.69. The summed E-state index contributed by atoms with van der Waals surface area (Å²) in [6.45, 7) is 6.88. The molecule has 1 amide bonds. The fraction of sp³-hybridized carbons (Fsp3) is 0.344. The second-order valence-corrected chi connectivity index (χ2v) is 12.3. The van der Waals surface area contributed by atoms with Crippen LogP contribution in [-0.2, 0) is 28.9 Å². The van der Waals surface area contributed by atoms with E-state index in [-0.39, 0.29) is 30.1 Å². The van der Waals surface area contributed by atoms with Gasteiger partial charge in [0.15, 0.2) is 0 Å². The molecule has 2 N–H and O–H groups in total. The van der Waals surface area contributed by atoms with Gasteiger partial charge in [-0.2, -0.15) is 0 Å². The Morgan fingerprint density at radius 2 is 1.66 bits per heavy atom. The van der Waals surface area contributed by atoms with Crippen molar-refractivity contribution >= 4 is 19.4 Å². The monoisotopic (exact) mass is 629 g/mol. The van der Waals surface area contributed by atoms with Crippen molar-refractivity contribution in [1.82, 2.24) is 10.2 Å². The number of nitrogens with one attached hydrogen (secondary N) is 2. The van der Waals surface area contributed by atoms with Crippen LogP contribution < -0.4 is 15.4 Å². The lowest BCUT2D eigenvalue weighted by Crippen LogP contribution is -2.32. The van der Waals surface area contributed by atoms with Crippen LogP contribution in [0.4, 0.5) is 14.5 Å². The number of alkyl halides is 2. The first-order valence-corrected chi connectivity index (χ1v) is 15.5. The Kier molecular flexibility index (Phi) is 10.2. The predicted molar refractivity (Wildman–Crippen MR) is 165 cm³/mol. The Morgan fingerprint density at radius 1 is 1.00 bits per heavy atom. The van der Waals surface area contributed by atoms with E-state index in [0.29, 0.717) is 11.4 Å². The van der Waals surface area contributed by atoms with E-state index in [0.717, 1.165) is 27.8 Å². The average molecular weight is 630 g/mol. The fourth-order valence-electron chi connectivity index (χ4n) is 5.19. The molecule has 1 atom stereocenters. The molecule has 0 aromatic heterocycles. The van der Waals surface area contributed by atoms with Crippen LogP contribution >= 0.6 is 7.82 Å². The molecule has 0 saturated heterocycles. The lowest BCUT2D eigenvalue weighted by Gasteiger charge is -2.29. The molecule has 0 spiro atoms. The minimum atomic E-state index is -3.87. The van der Waals surface area contributed by atoms with E-state index in [1.807, 2.05) is 50.2 Å². The molecule has 3 aromatic rings. The van der Waals surface area contributed by atoms with Gasteiger partial charge in [0.25, 0.3) is 11.8 Å². The number of rotatable bonds is 12. The summed E-state index contributed by atoms with van der Waals surface area (Å²) < 4.78 is 62.6. The van der Waals surface area contributed by atoms with Crippen LogP contribution in [-0.4, -0.2) is 38.9 Å². The number of carbonyl (C=O) groups excluding carboxylic acids is 1. The van der Waals surface area contributed by atoms with Crippen LogP contribution in [0, 0.1) is 13.8 Å². The summed E-state index contributed by atoms with van der Waals surface area (Å²) in [7, 11) is 0.157. The Balaban J connectivity index is 1.73. The number of anilines is 1. The Morgan fingerprint density at radius 3 is 2.27 bits per heavy atom. The molecule has 1 heterocycles. The number of allylic oxidation sites excluding steroid dienone is 1. The fourth-order valence-corrected chi connectivity index (χ4v) is 5.81. The maximum atomic E-state index is 14.3. The largest absolute Gasteiger partial charge is 0.496 e. The van der Waals surface area contributed by atoms with Gasteiger partial charge in [-0.1, -0.05) is 43.3 Å². The summed E-state index contributed by atoms with van der Waals surface area (Å²) in [5.74, 6) is -2.91. The first-order chi connectivity index (χ1) is 20.9. The first-order valence-electron chi connectivity index (χ1n) is 14.0. The number of halogens is 2. The molecule has 0 saturated carbocycles. The maximum absolute atomic E-state index is 14.3. The van der Waals surface area contributed by atoms with Crippen molar-refractivity contribution in [2.24, 2.45) is 0 Å². The van der Waals surface area contributed by atoms with Crippen molar-refractivity contribution in [2.75, 3.05) is 33.4 Å². The molecule has 1 unspecified atom stereocenters. The van der Waals surface area contributed by atoms with Crippen molar-refractivity contribution in [1.29, 1.82) is 0 Å². The number of aryl methyl sites for hydroxylation is 2. The summed E-state index contributed by atoms with van der Waals surface area (Å²) in [5.41, 5.74) is 5.42. The summed E-state index contributed by atoms with van der Waals surface area (Å²) in [5, 5.41) is 5.98. The van der Waals surface area contributed by atoms with Gasteiger partial charge >= 0.3 is 7.82 Å². The summed E-state index contributed by atoms with van der Waals surface area (Å²) >= 11 is 0. The number of nitrogens with zero attached hydrogens (tertiary/aromatic N) is 1. The summed E-state index contributed by atoms with van der Waals surface area (Å²) in [6.07, 6.45) is -1.02. The molecule has 4 rings (SSSR count). The lowest BCUT2D eigenvalue weighted by atomic mass is 9.93. The molecular formula is C32H38F2N3O6P. The second-order valence-electron chi connectivity index (χ2n) is 10.4. The normalized spacial score (nSPS) is 15.4. The van der Waals surface area contributed by atoms with Gasteiger partial charge < -0.3 is 20.3 Å². The molecule has 236 valence electrons. The molecular weight excluding hydrogens is 591 g/mol. The van der Waals surface area contributed by atoms with Crippen LogP contribution in [0.1, 0.15) is 48.7 Å². The number of carbonyl (C=O) groups is 1. The number of benzene rings is 3. The molecule has 44 heavy (non-hydrogen) atoms. The molecule has 1 aliphatic rings. The number of phosphoric acid groups is 1. The zero-order valence-corrected chi connectivity index (χ0v) is 26.8. The van der Waals surface area contributed by atoms with Crippen molar-refractivity contribution in [3.63, 3.8) is 0 Å². The van der Waals surface area contributed by atoms with E-state index in [1.54, 1.807) is 25.0 Å². The maximum Gasteiger partial charge on any atom is 0.475 e. The number of hydrogen-bond donors (Lipinski definition) is 2. The topological polar surface area (TPSA) is 98.4 Å². The Labute approximate surface area is 256 Å². The van der Waals surface area contributed by atoms with Crippen molar-refractivity contribution < 1.29 is 36.4 Å². The van der Waals surface area contributed by atoms with Crippen molar-refractivity contribution in [3.05, 3.63) is 94.3 Å². The third kappa shape index (κ3) is 6.81. The first kappa shape index (κ1) is 33.1. The van der Waals surface area contributed by atoms with Crippen LogP contribution in [0.2, 0.25) is 0 Å². The van der Waals surface area contributed by atoms with E-state index in [2.05, 4.69) is 10.6 Å². The third-order valence-corrected chi connectivity index (χ3v) is 9.02. The Bertz CT molecular complexity index is 1580. The van der Waals surface area contributed by atoms with Gasteiger partial charge in [-0.05, 0) is 67.3 Å². The standard InChI is InChI=1S/C32H38F2N3O6P/c1-8-32(33,34)24-13-10-14-25(18-24)35-31(38)29-22(4)37(19-43-44(39,41-6)42-7)30(36-29)23-15-16-27(40-5)26(17-23)28-20(2)11-9-12-21(28)3/h9-18,30,36H,8,19H2,1-7H3,(H,35,38). The molecule has 12 heteroatoms. The zero-order chi connectivity index (χ0) is 32.2. The molecule has 0 bridgehead atoms. The highest BCUT2D eigenvalue weighted by Crippen LogP contribution is 2.49. The number of hydrogen-bond acceptors (Lipinski definition) is 8. The van der Waals surface area contributed by atoms with Gasteiger partial charge in [0, 0.05) is 43.2 Å². The van der Waals surface area contributed by atoms with Gasteiger partial charge in [-0.3, -0.25) is 18.4 Å². The second kappa shape index (κ2) is 13.5. The van der Waals surface area contributed by atoms with Gasteiger partial charge in [-0.15, -0.1) is 0 Å². The minimum Gasteiger partial charge on any atom is -0.496 e. The summed E-state index contributed by atoms with van der Waals surface area (Å²) in [6, 6.07) is 17.3. The smallest absolute Gasteiger partial charge is 0.475 e. The van der Waals surface area contributed by atoms with Crippen LogP contribution in [0.25, 0.3) is 11.1 Å². The molecule has 0 fully saturated rings. The van der Waals surface area contributed by atoms with E-state index in [4.69, 9.17) is 18.3 Å². The highest BCUT2D eigenvalue weighted by molar-refractivity contribution is 7.48. The lowest BCUT2D eigenvalue weighted by molar-refractivity contribution is -0.113. The highest BCUT2D eigenvalue weighted by atomic mass is 31.2. The summed E-state index contributed by atoms with van der Waals surface area (Å²) in [4.78, 5) is 15.3. The van der Waals surface area contributed by atoms with Crippen LogP contribution in [0.3, 0.4) is 0 Å². The SMILES string of the molecule is CCC(F)(F)c1cccc(NC(=O)C2=C(C)N(COP(=O)(OC)OC)C(c3ccc(OC)c(-c4c(C)cccc4C)c3)N2)c1. The molecule has 9 nitrogen and oxygen atoms in total. The van der Waals surface area contributed by atoms with Crippen LogP contribution in [0.5, 0.6) is 5.75 Å². The van der Waals surface area contributed by atoms with Crippen molar-refractivity contribution in [3.8, 4) is 16.9 Å². The molecule has 0 radical (unpaired) electrons. The van der Waals surface area contributed by atoms with Gasteiger partial charge in [0.1, 0.15) is 24.3 Å². The number of phosphoric ester groups is 1. The number of methoxy groups -OCH3 is 1. The highest BCUT2D eigenvalue weighted by Gasteiger charge is 2.36. The predicted octanol–water partition coefficient (Wildman–Crippen LogP) is 7.63. The molecule has 1 aliphatic heterocycles. The van der Waals surface area contributed by atoms with E-state index < -0.39 is 25.8 Å². The molecule has 3 aromatic carbocycles. The van der Waals surface area contributed by atoms with Crippen LogP contribution in [0.15, 0.2) is 72.1 Å². The van der Waals surface area contributed by atoms with E-state index in [9.17, 15) is 18.1 Å². The van der Waals surface area contributed by atoms with Gasteiger partial charge in [-0.25, -0.2) is 13.3 Å². The zero-order valence-electron chi connectivity index (χ0n) is 25.9. The Hall–Kier alpha value is -3.76. The van der Waals surface area contributed by atoms with E-state index in [1.165, 1.54) is 39.3 Å². The molecule has 0 aliphatic carbocycles. The average Bonchev–Trinajstić information content (AvgIpc) is 3.35. The minimum absolute atomic E-state index is 0.181. The van der Waals surface area contributed by atoms with Gasteiger partial charge in [0.2, 0.25) is 0 Å². The van der Waals surface area contributed by atoms with Gasteiger partial charge in [0.05, 0.1) is 7.11 Å². The quantitative estimate of drug-likeness (QED) is 0.198. The van der Waals surface area contributed by atoms with Crippen molar-refractivity contribution in [2.45, 2.75) is 46.2 Å². The number of amides is 1. The number of ether oxygens (including phenoxy) is 1. The van der Waals surface area contributed by atoms with E-state index >= 15 is 0 Å².